The van der Waals surface area contributed by atoms with Gasteiger partial charge in [0.2, 0.25) is 0 Å². The standard InChI is InChI=1S/C14H17N3O2/c1-10(2)12-8-13(17-16-12)15-14(18)19-9-11-6-4-3-5-7-11/h3-8,10H,9H2,1-2H3,(H2,15,16,17,18). The topological polar surface area (TPSA) is 67.0 Å². The monoisotopic (exact) mass is 259 g/mol. The van der Waals surface area contributed by atoms with E-state index in [2.05, 4.69) is 15.5 Å². The third-order valence-electron chi connectivity index (χ3n) is 2.66. The molecule has 0 aliphatic carbocycles. The molecule has 5 heteroatoms. The molecule has 0 fully saturated rings. The summed E-state index contributed by atoms with van der Waals surface area (Å²) in [6.45, 7) is 4.34. The first-order valence-electron chi connectivity index (χ1n) is 6.18. The van der Waals surface area contributed by atoms with E-state index < -0.39 is 6.09 Å². The summed E-state index contributed by atoms with van der Waals surface area (Å²) in [7, 11) is 0. The second-order valence-electron chi connectivity index (χ2n) is 4.55. The van der Waals surface area contributed by atoms with E-state index in [1.54, 1.807) is 6.07 Å². The molecule has 0 bridgehead atoms. The number of benzene rings is 1. The van der Waals surface area contributed by atoms with Crippen molar-refractivity contribution in [3.8, 4) is 0 Å². The first kappa shape index (κ1) is 13.1. The minimum atomic E-state index is -0.509. The Morgan fingerprint density at radius 3 is 2.74 bits per heavy atom. The van der Waals surface area contributed by atoms with Gasteiger partial charge in [-0.15, -0.1) is 0 Å². The molecule has 2 N–H and O–H groups in total. The van der Waals surface area contributed by atoms with Crippen molar-refractivity contribution in [2.24, 2.45) is 0 Å². The Bertz CT molecular complexity index is 535. The molecule has 0 radical (unpaired) electrons. The van der Waals surface area contributed by atoms with E-state index in [4.69, 9.17) is 4.74 Å². The average molecular weight is 259 g/mol. The first-order chi connectivity index (χ1) is 9.15. The summed E-state index contributed by atoms with van der Waals surface area (Å²) < 4.78 is 5.10. The molecular weight excluding hydrogens is 242 g/mol. The molecule has 5 nitrogen and oxygen atoms in total. The van der Waals surface area contributed by atoms with Crippen LogP contribution in [0.1, 0.15) is 31.0 Å². The highest BCUT2D eigenvalue weighted by molar-refractivity contribution is 5.83. The number of ether oxygens (including phenoxy) is 1. The van der Waals surface area contributed by atoms with Crippen LogP contribution in [0.5, 0.6) is 0 Å². The number of carbonyl (C=O) groups is 1. The van der Waals surface area contributed by atoms with Crippen molar-refractivity contribution in [1.82, 2.24) is 10.2 Å². The summed E-state index contributed by atoms with van der Waals surface area (Å²) >= 11 is 0. The van der Waals surface area contributed by atoms with Crippen molar-refractivity contribution >= 4 is 11.9 Å². The van der Waals surface area contributed by atoms with Crippen molar-refractivity contribution in [2.75, 3.05) is 5.32 Å². The van der Waals surface area contributed by atoms with Crippen molar-refractivity contribution in [3.63, 3.8) is 0 Å². The highest BCUT2D eigenvalue weighted by Gasteiger charge is 2.08. The van der Waals surface area contributed by atoms with Gasteiger partial charge in [-0.1, -0.05) is 44.2 Å². The van der Waals surface area contributed by atoms with Crippen LogP contribution in [-0.2, 0) is 11.3 Å². The van der Waals surface area contributed by atoms with Gasteiger partial charge in [0.1, 0.15) is 6.61 Å². The molecule has 1 amide bonds. The van der Waals surface area contributed by atoms with Crippen LogP contribution in [0.25, 0.3) is 0 Å². The molecule has 1 aromatic heterocycles. The van der Waals surface area contributed by atoms with E-state index in [0.717, 1.165) is 11.3 Å². The number of nitrogens with zero attached hydrogens (tertiary/aromatic N) is 1. The summed E-state index contributed by atoms with van der Waals surface area (Å²) in [5.41, 5.74) is 1.92. The van der Waals surface area contributed by atoms with Crippen molar-refractivity contribution in [3.05, 3.63) is 47.7 Å². The highest BCUT2D eigenvalue weighted by Crippen LogP contribution is 2.14. The van der Waals surface area contributed by atoms with E-state index in [9.17, 15) is 4.79 Å². The number of rotatable bonds is 4. The molecule has 2 aromatic rings. The second kappa shape index (κ2) is 6.04. The van der Waals surface area contributed by atoms with Gasteiger partial charge >= 0.3 is 6.09 Å². The largest absolute Gasteiger partial charge is 0.444 e. The molecule has 0 aliphatic heterocycles. The Balaban J connectivity index is 1.84. The van der Waals surface area contributed by atoms with Crippen molar-refractivity contribution in [2.45, 2.75) is 26.4 Å². The quantitative estimate of drug-likeness (QED) is 0.885. The lowest BCUT2D eigenvalue weighted by Gasteiger charge is -2.04. The number of hydrogen-bond donors (Lipinski definition) is 2. The van der Waals surface area contributed by atoms with Crippen LogP contribution in [-0.4, -0.2) is 16.3 Å². The summed E-state index contributed by atoms with van der Waals surface area (Å²) in [6.07, 6.45) is -0.509. The summed E-state index contributed by atoms with van der Waals surface area (Å²) in [5, 5.41) is 9.44. The Labute approximate surface area is 112 Å². The van der Waals surface area contributed by atoms with Crippen molar-refractivity contribution < 1.29 is 9.53 Å². The average Bonchev–Trinajstić information content (AvgIpc) is 2.86. The third kappa shape index (κ3) is 3.84. The Morgan fingerprint density at radius 2 is 2.11 bits per heavy atom. The van der Waals surface area contributed by atoms with Crippen LogP contribution < -0.4 is 5.32 Å². The Morgan fingerprint density at radius 1 is 1.37 bits per heavy atom. The first-order valence-corrected chi connectivity index (χ1v) is 6.18. The maximum atomic E-state index is 11.6. The number of H-pyrrole nitrogens is 1. The van der Waals surface area contributed by atoms with Gasteiger partial charge in [0, 0.05) is 11.8 Å². The Hall–Kier alpha value is -2.30. The lowest BCUT2D eigenvalue weighted by atomic mass is 10.1. The molecule has 0 unspecified atom stereocenters. The van der Waals surface area contributed by atoms with Crippen LogP contribution >= 0.6 is 0 Å². The predicted molar refractivity (Wildman–Crippen MR) is 72.9 cm³/mol. The molecule has 1 heterocycles. The molecular formula is C14H17N3O2. The molecule has 0 spiro atoms. The van der Waals surface area contributed by atoms with Gasteiger partial charge in [-0.25, -0.2) is 4.79 Å². The zero-order valence-electron chi connectivity index (χ0n) is 11.0. The number of amides is 1. The number of aromatic amines is 1. The summed E-state index contributed by atoms with van der Waals surface area (Å²) in [5.74, 6) is 0.810. The molecule has 0 saturated heterocycles. The van der Waals surface area contributed by atoms with Crippen LogP contribution in [0.15, 0.2) is 36.4 Å². The van der Waals surface area contributed by atoms with Crippen LogP contribution in [0.2, 0.25) is 0 Å². The van der Waals surface area contributed by atoms with Crippen molar-refractivity contribution in [1.29, 1.82) is 0 Å². The fraction of sp³-hybridized carbons (Fsp3) is 0.286. The van der Waals surface area contributed by atoms with Gasteiger partial charge in [-0.05, 0) is 11.5 Å². The minimum Gasteiger partial charge on any atom is -0.444 e. The third-order valence-corrected chi connectivity index (χ3v) is 2.66. The zero-order chi connectivity index (χ0) is 13.7. The Kier molecular flexibility index (Phi) is 4.18. The van der Waals surface area contributed by atoms with Gasteiger partial charge in [-0.3, -0.25) is 10.4 Å². The number of carbonyl (C=O) groups excluding carboxylic acids is 1. The van der Waals surface area contributed by atoms with Crippen LogP contribution in [0.4, 0.5) is 10.6 Å². The van der Waals surface area contributed by atoms with Crippen LogP contribution in [0.3, 0.4) is 0 Å². The van der Waals surface area contributed by atoms with E-state index in [-0.39, 0.29) is 6.61 Å². The van der Waals surface area contributed by atoms with Crippen LogP contribution in [0, 0.1) is 0 Å². The molecule has 0 aliphatic rings. The van der Waals surface area contributed by atoms with Gasteiger partial charge in [0.15, 0.2) is 5.82 Å². The molecule has 0 atom stereocenters. The molecule has 1 aromatic carbocycles. The number of nitrogens with one attached hydrogen (secondary N) is 2. The van der Waals surface area contributed by atoms with Gasteiger partial charge < -0.3 is 4.74 Å². The number of hydrogen-bond acceptors (Lipinski definition) is 3. The maximum absolute atomic E-state index is 11.6. The van der Waals surface area contributed by atoms with E-state index in [1.165, 1.54) is 0 Å². The molecule has 2 rings (SSSR count). The summed E-state index contributed by atoms with van der Waals surface area (Å²) in [4.78, 5) is 11.6. The fourth-order valence-corrected chi connectivity index (χ4v) is 1.56. The molecule has 19 heavy (non-hydrogen) atoms. The zero-order valence-corrected chi connectivity index (χ0v) is 11.0. The molecule has 0 saturated carbocycles. The number of anilines is 1. The lowest BCUT2D eigenvalue weighted by molar-refractivity contribution is 0.155. The maximum Gasteiger partial charge on any atom is 0.413 e. The van der Waals surface area contributed by atoms with Gasteiger partial charge in [0.05, 0.1) is 0 Å². The highest BCUT2D eigenvalue weighted by atomic mass is 16.5. The van der Waals surface area contributed by atoms with E-state index >= 15 is 0 Å². The SMILES string of the molecule is CC(C)c1cc(NC(=O)OCc2ccccc2)n[nH]1. The second-order valence-corrected chi connectivity index (χ2v) is 4.55. The number of aromatic nitrogens is 2. The summed E-state index contributed by atoms with van der Waals surface area (Å²) in [6, 6.07) is 11.3. The van der Waals surface area contributed by atoms with E-state index in [0.29, 0.717) is 11.7 Å². The normalized spacial score (nSPS) is 10.5. The minimum absolute atomic E-state index is 0.244. The van der Waals surface area contributed by atoms with E-state index in [1.807, 2.05) is 44.2 Å². The van der Waals surface area contributed by atoms with Gasteiger partial charge in [0.25, 0.3) is 0 Å². The molecule has 100 valence electrons. The smallest absolute Gasteiger partial charge is 0.413 e. The predicted octanol–water partition coefficient (Wildman–Crippen LogP) is 3.28. The lowest BCUT2D eigenvalue weighted by Crippen LogP contribution is -2.13. The fourth-order valence-electron chi connectivity index (χ4n) is 1.56. The van der Waals surface area contributed by atoms with Gasteiger partial charge in [-0.2, -0.15) is 5.10 Å².